The van der Waals surface area contributed by atoms with Gasteiger partial charge in [-0.05, 0) is 25.3 Å². The lowest BCUT2D eigenvalue weighted by molar-refractivity contribution is -0.123. The van der Waals surface area contributed by atoms with Crippen molar-refractivity contribution in [3.05, 3.63) is 29.8 Å². The Morgan fingerprint density at radius 3 is 3.10 bits per heavy atom. The average Bonchev–Trinajstić information content (AvgIpc) is 2.65. The van der Waals surface area contributed by atoms with Gasteiger partial charge >= 0.3 is 0 Å². The Kier molecular flexibility index (Phi) is 2.67. The minimum atomic E-state index is -0.591. The number of hydrogen-bond donors (Lipinski definition) is 2. The van der Waals surface area contributed by atoms with Crippen LogP contribution in [0.15, 0.2) is 29.3 Å². The fraction of sp³-hybridized carbons (Fsp3) is 0.500. The van der Waals surface area contributed by atoms with E-state index in [0.717, 1.165) is 37.2 Å². The van der Waals surface area contributed by atoms with Gasteiger partial charge in [0.15, 0.2) is 0 Å². The molecule has 0 bridgehead atoms. The van der Waals surface area contributed by atoms with E-state index in [1.54, 1.807) is 0 Å². The predicted molar refractivity (Wildman–Crippen MR) is 79.0 cm³/mol. The zero-order valence-corrected chi connectivity index (χ0v) is 11.5. The first-order valence-corrected chi connectivity index (χ1v) is 7.51. The molecular weight excluding hydrogens is 250 g/mol. The summed E-state index contributed by atoms with van der Waals surface area (Å²) in [4.78, 5) is 17.5. The number of fused-ring (bicyclic) bond motifs is 4. The molecule has 1 aliphatic carbocycles. The van der Waals surface area contributed by atoms with Gasteiger partial charge in [0.1, 0.15) is 5.54 Å². The van der Waals surface area contributed by atoms with Crippen molar-refractivity contribution in [1.82, 2.24) is 5.32 Å². The SMILES string of the molecule is O=C1Nc2ccccc2C12NCCN=C1CCCCC12. The molecule has 2 N–H and O–H groups in total. The number of carbonyl (C=O) groups excluding carboxylic acids is 1. The van der Waals surface area contributed by atoms with Gasteiger partial charge in [-0.25, -0.2) is 0 Å². The van der Waals surface area contributed by atoms with Gasteiger partial charge in [0, 0.05) is 29.4 Å². The molecule has 2 atom stereocenters. The standard InChI is InChI=1S/C16H19N3O/c20-15-16(12-6-2-4-8-14(12)19-15)11-5-1-3-7-13(11)17-9-10-18-16/h2,4,6,8,11,18H,1,3,5,7,9-10H2,(H,19,20). The highest BCUT2D eigenvalue weighted by molar-refractivity contribution is 6.09. The van der Waals surface area contributed by atoms with Gasteiger partial charge in [-0.15, -0.1) is 0 Å². The van der Waals surface area contributed by atoms with Gasteiger partial charge in [-0.1, -0.05) is 24.6 Å². The summed E-state index contributed by atoms with van der Waals surface area (Å²) in [5.74, 6) is 0.308. The number of amides is 1. The zero-order chi connectivity index (χ0) is 13.6. The number of nitrogens with zero attached hydrogens (tertiary/aromatic N) is 1. The van der Waals surface area contributed by atoms with Gasteiger partial charge < -0.3 is 5.32 Å². The molecule has 2 heterocycles. The maximum absolute atomic E-state index is 12.8. The molecule has 0 radical (unpaired) electrons. The molecule has 4 heteroatoms. The number of anilines is 1. The van der Waals surface area contributed by atoms with E-state index in [4.69, 9.17) is 4.99 Å². The van der Waals surface area contributed by atoms with Crippen LogP contribution in [-0.2, 0) is 10.3 Å². The van der Waals surface area contributed by atoms with Crippen molar-refractivity contribution in [2.45, 2.75) is 31.2 Å². The number of nitrogens with one attached hydrogen (secondary N) is 2. The Morgan fingerprint density at radius 1 is 1.25 bits per heavy atom. The molecular formula is C16H19N3O. The minimum absolute atomic E-state index is 0.0974. The molecule has 4 rings (SSSR count). The average molecular weight is 269 g/mol. The van der Waals surface area contributed by atoms with Crippen molar-refractivity contribution in [3.63, 3.8) is 0 Å². The summed E-state index contributed by atoms with van der Waals surface area (Å²) < 4.78 is 0. The Balaban J connectivity index is 1.89. The lowest BCUT2D eigenvalue weighted by Crippen LogP contribution is -2.55. The van der Waals surface area contributed by atoms with Gasteiger partial charge in [0.25, 0.3) is 0 Å². The van der Waals surface area contributed by atoms with Crippen molar-refractivity contribution >= 4 is 17.3 Å². The lowest BCUT2D eigenvalue weighted by Gasteiger charge is -2.38. The summed E-state index contributed by atoms with van der Waals surface area (Å²) in [6, 6.07) is 8.07. The largest absolute Gasteiger partial charge is 0.324 e. The monoisotopic (exact) mass is 269 g/mol. The molecule has 2 aliphatic heterocycles. The Labute approximate surface area is 118 Å². The van der Waals surface area contributed by atoms with Crippen LogP contribution in [0.2, 0.25) is 0 Å². The van der Waals surface area contributed by atoms with Crippen LogP contribution >= 0.6 is 0 Å². The lowest BCUT2D eigenvalue weighted by atomic mass is 9.70. The number of carbonyl (C=O) groups is 1. The molecule has 2 unspecified atom stereocenters. The Bertz CT molecular complexity index is 595. The van der Waals surface area contributed by atoms with Crippen LogP contribution in [0.25, 0.3) is 0 Å². The normalized spacial score (nSPS) is 32.1. The van der Waals surface area contributed by atoms with E-state index in [2.05, 4.69) is 16.7 Å². The molecule has 20 heavy (non-hydrogen) atoms. The van der Waals surface area contributed by atoms with E-state index in [-0.39, 0.29) is 11.8 Å². The van der Waals surface area contributed by atoms with Crippen LogP contribution < -0.4 is 10.6 Å². The molecule has 1 fully saturated rings. The van der Waals surface area contributed by atoms with Crippen LogP contribution in [-0.4, -0.2) is 24.7 Å². The third kappa shape index (κ3) is 1.51. The molecule has 1 aromatic rings. The van der Waals surface area contributed by atoms with E-state index in [1.807, 2.05) is 18.2 Å². The van der Waals surface area contributed by atoms with E-state index < -0.39 is 5.54 Å². The Hall–Kier alpha value is -1.68. The molecule has 0 aromatic heterocycles. The first-order chi connectivity index (χ1) is 9.82. The molecule has 1 aromatic carbocycles. The van der Waals surface area contributed by atoms with E-state index in [1.165, 1.54) is 18.6 Å². The summed E-state index contributed by atoms with van der Waals surface area (Å²) in [5, 5.41) is 6.60. The fourth-order valence-corrected chi connectivity index (χ4v) is 4.03. The third-order valence-electron chi connectivity index (χ3n) is 4.89. The summed E-state index contributed by atoms with van der Waals surface area (Å²) in [7, 11) is 0. The molecule has 3 aliphatic rings. The smallest absolute Gasteiger partial charge is 0.250 e. The summed E-state index contributed by atoms with van der Waals surface area (Å²) >= 11 is 0. The third-order valence-corrected chi connectivity index (χ3v) is 4.89. The second-order valence-electron chi connectivity index (χ2n) is 5.91. The van der Waals surface area contributed by atoms with E-state index >= 15 is 0 Å². The highest BCUT2D eigenvalue weighted by Gasteiger charge is 2.54. The van der Waals surface area contributed by atoms with Gasteiger partial charge in [0.2, 0.25) is 5.91 Å². The van der Waals surface area contributed by atoms with Crippen LogP contribution in [0.1, 0.15) is 31.2 Å². The van der Waals surface area contributed by atoms with Crippen LogP contribution in [0.4, 0.5) is 5.69 Å². The molecule has 1 spiro atoms. The predicted octanol–water partition coefficient (Wildman–Crippen LogP) is 2.07. The van der Waals surface area contributed by atoms with Crippen molar-refractivity contribution in [2.24, 2.45) is 10.9 Å². The number of hydrogen-bond acceptors (Lipinski definition) is 3. The number of benzene rings is 1. The van der Waals surface area contributed by atoms with Crippen molar-refractivity contribution < 1.29 is 4.79 Å². The number of aliphatic imine (C=N–C) groups is 1. The summed E-state index contributed by atoms with van der Waals surface area (Å²) in [5.41, 5.74) is 2.71. The summed E-state index contributed by atoms with van der Waals surface area (Å²) in [6.45, 7) is 1.55. The molecule has 104 valence electrons. The molecule has 1 saturated carbocycles. The van der Waals surface area contributed by atoms with Gasteiger partial charge in [-0.2, -0.15) is 0 Å². The minimum Gasteiger partial charge on any atom is -0.324 e. The van der Waals surface area contributed by atoms with Crippen molar-refractivity contribution in [2.75, 3.05) is 18.4 Å². The Morgan fingerprint density at radius 2 is 2.15 bits per heavy atom. The number of rotatable bonds is 0. The van der Waals surface area contributed by atoms with E-state index in [9.17, 15) is 4.79 Å². The van der Waals surface area contributed by atoms with Crippen molar-refractivity contribution in [3.8, 4) is 0 Å². The van der Waals surface area contributed by atoms with Crippen molar-refractivity contribution in [1.29, 1.82) is 0 Å². The highest BCUT2D eigenvalue weighted by Crippen LogP contribution is 2.45. The second kappa shape index (κ2) is 4.42. The fourth-order valence-electron chi connectivity index (χ4n) is 4.03. The highest BCUT2D eigenvalue weighted by atomic mass is 16.2. The summed E-state index contributed by atoms with van der Waals surface area (Å²) in [6.07, 6.45) is 4.48. The van der Waals surface area contributed by atoms with Crippen LogP contribution in [0.5, 0.6) is 0 Å². The number of para-hydroxylation sites is 1. The molecule has 0 saturated heterocycles. The topological polar surface area (TPSA) is 53.5 Å². The first kappa shape index (κ1) is 12.1. The van der Waals surface area contributed by atoms with Gasteiger partial charge in [0.05, 0.1) is 6.54 Å². The van der Waals surface area contributed by atoms with Gasteiger partial charge in [-0.3, -0.25) is 15.1 Å². The van der Waals surface area contributed by atoms with Crippen LogP contribution in [0, 0.1) is 5.92 Å². The molecule has 1 amide bonds. The quantitative estimate of drug-likeness (QED) is 0.757. The maximum Gasteiger partial charge on any atom is 0.250 e. The second-order valence-corrected chi connectivity index (χ2v) is 5.91. The van der Waals surface area contributed by atoms with Crippen LogP contribution in [0.3, 0.4) is 0 Å². The zero-order valence-electron chi connectivity index (χ0n) is 11.5. The first-order valence-electron chi connectivity index (χ1n) is 7.51. The van der Waals surface area contributed by atoms with E-state index in [0.29, 0.717) is 0 Å². The maximum atomic E-state index is 12.8. The molecule has 4 nitrogen and oxygen atoms in total.